The molecule has 0 aliphatic rings. The minimum Gasteiger partial charge on any atom is -0.462 e. The summed E-state index contributed by atoms with van der Waals surface area (Å²) < 4.78 is 29.1. The van der Waals surface area contributed by atoms with Gasteiger partial charge in [0, 0.05) is 10.6 Å². The molecule has 4 N–H and O–H groups in total. The van der Waals surface area contributed by atoms with Crippen molar-refractivity contribution in [2.75, 3.05) is 12.3 Å². The summed E-state index contributed by atoms with van der Waals surface area (Å²) >= 11 is 1.17. The molecular weight excluding hydrogens is 360 g/mol. The monoisotopic (exact) mass is 380 g/mol. The first-order valence-electron chi connectivity index (χ1n) is 7.69. The van der Waals surface area contributed by atoms with E-state index in [0.29, 0.717) is 4.90 Å². The molecule has 0 amide bonds. The zero-order chi connectivity index (χ0) is 18.4. The van der Waals surface area contributed by atoms with E-state index in [1.165, 1.54) is 23.9 Å². The van der Waals surface area contributed by atoms with Crippen LogP contribution < -0.4 is 10.9 Å². The lowest BCUT2D eigenvalue weighted by molar-refractivity contribution is 0.0499. The lowest BCUT2D eigenvalue weighted by atomic mass is 10.2. The number of anilines is 1. The van der Waals surface area contributed by atoms with E-state index in [9.17, 15) is 13.2 Å². The lowest BCUT2D eigenvalue weighted by Crippen LogP contribution is -2.16. The number of hydrogen-bond acceptors (Lipinski definition) is 6. The molecule has 0 spiro atoms. The highest BCUT2D eigenvalue weighted by Gasteiger charge is 2.22. The number of esters is 1. The fraction of sp³-hybridized carbons (Fsp3) is 0.235. The van der Waals surface area contributed by atoms with Crippen molar-refractivity contribution in [1.29, 1.82) is 0 Å². The molecule has 2 aromatic rings. The summed E-state index contributed by atoms with van der Waals surface area (Å²) in [5.74, 6) is -0.624. The van der Waals surface area contributed by atoms with E-state index in [4.69, 9.17) is 15.6 Å². The Labute approximate surface area is 151 Å². The number of sulfonamides is 1. The summed E-state index contributed by atoms with van der Waals surface area (Å²) in [5.41, 5.74) is 6.23. The Morgan fingerprint density at radius 2 is 1.88 bits per heavy atom. The molecule has 6 nitrogen and oxygen atoms in total. The van der Waals surface area contributed by atoms with Crippen LogP contribution >= 0.6 is 11.8 Å². The second-order valence-electron chi connectivity index (χ2n) is 5.34. The van der Waals surface area contributed by atoms with Gasteiger partial charge in [0.2, 0.25) is 10.0 Å². The first-order chi connectivity index (χ1) is 11.8. The van der Waals surface area contributed by atoms with Crippen LogP contribution in [0.2, 0.25) is 0 Å². The SMILES string of the molecule is CCCCOC(=O)c1cc(N)c(Sc2ccccc2)c(S(N)(=O)=O)c1. The van der Waals surface area contributed by atoms with Crippen LogP contribution in [0.3, 0.4) is 0 Å². The number of carbonyl (C=O) groups is 1. The molecule has 0 atom stereocenters. The van der Waals surface area contributed by atoms with Gasteiger partial charge in [0.05, 0.1) is 22.0 Å². The molecule has 0 saturated heterocycles. The van der Waals surface area contributed by atoms with Gasteiger partial charge in [-0.3, -0.25) is 0 Å². The largest absolute Gasteiger partial charge is 0.462 e. The Hall–Kier alpha value is -2.03. The third-order valence-electron chi connectivity index (χ3n) is 3.32. The third kappa shape index (κ3) is 5.22. The molecule has 2 rings (SSSR count). The van der Waals surface area contributed by atoms with Crippen LogP contribution in [0.4, 0.5) is 5.69 Å². The number of unbranched alkanes of at least 4 members (excludes halogenated alkanes) is 1. The molecule has 0 unspecified atom stereocenters. The van der Waals surface area contributed by atoms with E-state index >= 15 is 0 Å². The number of nitrogens with two attached hydrogens (primary N) is 2. The summed E-state index contributed by atoms with van der Waals surface area (Å²) in [6.07, 6.45) is 1.61. The molecule has 0 bridgehead atoms. The van der Waals surface area contributed by atoms with E-state index < -0.39 is 16.0 Å². The molecule has 0 aromatic heterocycles. The number of nitrogen functional groups attached to an aromatic ring is 1. The summed E-state index contributed by atoms with van der Waals surface area (Å²) in [5, 5.41) is 5.32. The highest BCUT2D eigenvalue weighted by Crippen LogP contribution is 2.37. The number of hydrogen-bond donors (Lipinski definition) is 2. The van der Waals surface area contributed by atoms with Crippen LogP contribution in [0.25, 0.3) is 0 Å². The second kappa shape index (κ2) is 8.37. The maximum Gasteiger partial charge on any atom is 0.338 e. The van der Waals surface area contributed by atoms with Gasteiger partial charge < -0.3 is 10.5 Å². The zero-order valence-electron chi connectivity index (χ0n) is 13.8. The van der Waals surface area contributed by atoms with Gasteiger partial charge >= 0.3 is 5.97 Å². The van der Waals surface area contributed by atoms with Crippen LogP contribution in [0, 0.1) is 0 Å². The predicted octanol–water partition coefficient (Wildman–Crippen LogP) is 3.02. The molecule has 0 aliphatic heterocycles. The fourth-order valence-corrected chi connectivity index (χ4v) is 4.07. The van der Waals surface area contributed by atoms with Gasteiger partial charge in [0.1, 0.15) is 0 Å². The molecular formula is C17H20N2O4S2. The van der Waals surface area contributed by atoms with Crippen molar-refractivity contribution in [3.63, 3.8) is 0 Å². The van der Waals surface area contributed by atoms with Crippen molar-refractivity contribution in [1.82, 2.24) is 0 Å². The highest BCUT2D eigenvalue weighted by molar-refractivity contribution is 8.00. The first kappa shape index (κ1) is 19.3. The summed E-state index contributed by atoms with van der Waals surface area (Å²) in [6.45, 7) is 2.24. The molecule has 0 fully saturated rings. The van der Waals surface area contributed by atoms with Gasteiger partial charge in [-0.15, -0.1) is 0 Å². The lowest BCUT2D eigenvalue weighted by Gasteiger charge is -2.13. The van der Waals surface area contributed by atoms with Crippen LogP contribution in [0.1, 0.15) is 30.1 Å². The smallest absolute Gasteiger partial charge is 0.338 e. The minimum atomic E-state index is -4.07. The third-order valence-corrected chi connectivity index (χ3v) is 5.55. The van der Waals surface area contributed by atoms with E-state index in [0.717, 1.165) is 17.7 Å². The van der Waals surface area contributed by atoms with Crippen molar-refractivity contribution in [2.24, 2.45) is 5.14 Å². The Kier molecular flexibility index (Phi) is 6.46. The van der Waals surface area contributed by atoms with Gasteiger partial charge in [-0.2, -0.15) is 0 Å². The van der Waals surface area contributed by atoms with Gasteiger partial charge in [-0.05, 0) is 30.7 Å². The standard InChI is InChI=1S/C17H20N2O4S2/c1-2-3-9-23-17(20)12-10-14(18)16(15(11-12)25(19,21)22)24-13-7-5-4-6-8-13/h4-8,10-11H,2-3,9,18H2,1H3,(H2,19,21,22). The molecule has 8 heteroatoms. The normalized spacial score (nSPS) is 11.3. The minimum absolute atomic E-state index is 0.0649. The first-order valence-corrected chi connectivity index (χ1v) is 10.1. The van der Waals surface area contributed by atoms with Crippen LogP contribution in [-0.4, -0.2) is 21.0 Å². The van der Waals surface area contributed by atoms with Crippen LogP contribution in [0.5, 0.6) is 0 Å². The van der Waals surface area contributed by atoms with E-state index in [1.54, 1.807) is 0 Å². The predicted molar refractivity (Wildman–Crippen MR) is 98.0 cm³/mol. The Balaban J connectivity index is 2.42. The summed E-state index contributed by atoms with van der Waals surface area (Å²) in [7, 11) is -4.07. The highest BCUT2D eigenvalue weighted by atomic mass is 32.2. The molecule has 0 aliphatic carbocycles. The van der Waals surface area contributed by atoms with Gasteiger partial charge in [0.25, 0.3) is 0 Å². The van der Waals surface area contributed by atoms with Crippen molar-refractivity contribution < 1.29 is 17.9 Å². The number of carbonyl (C=O) groups excluding carboxylic acids is 1. The second-order valence-corrected chi connectivity index (χ2v) is 7.96. The van der Waals surface area contributed by atoms with Gasteiger partial charge in [-0.25, -0.2) is 18.4 Å². The number of primary sulfonamides is 1. The van der Waals surface area contributed by atoms with E-state index in [2.05, 4.69) is 0 Å². The Morgan fingerprint density at radius 3 is 2.48 bits per heavy atom. The summed E-state index contributed by atoms with van der Waals surface area (Å²) in [4.78, 5) is 13.0. The van der Waals surface area contributed by atoms with E-state index in [1.807, 2.05) is 37.3 Å². The number of ether oxygens (including phenoxy) is 1. The van der Waals surface area contributed by atoms with Crippen molar-refractivity contribution in [3.05, 3.63) is 48.0 Å². The average Bonchev–Trinajstić information content (AvgIpc) is 2.56. The molecule has 0 heterocycles. The van der Waals surface area contributed by atoms with Gasteiger partial charge in [-0.1, -0.05) is 43.3 Å². The molecule has 0 saturated carbocycles. The molecule has 2 aromatic carbocycles. The molecule has 134 valence electrons. The van der Waals surface area contributed by atoms with Crippen LogP contribution in [0.15, 0.2) is 57.2 Å². The number of benzene rings is 2. The summed E-state index contributed by atoms with van der Waals surface area (Å²) in [6, 6.07) is 11.8. The topological polar surface area (TPSA) is 112 Å². The fourth-order valence-electron chi connectivity index (χ4n) is 2.06. The number of rotatable bonds is 7. The zero-order valence-corrected chi connectivity index (χ0v) is 15.4. The molecule has 0 radical (unpaired) electrons. The molecule has 25 heavy (non-hydrogen) atoms. The van der Waals surface area contributed by atoms with Crippen molar-refractivity contribution in [3.8, 4) is 0 Å². The van der Waals surface area contributed by atoms with Crippen molar-refractivity contribution in [2.45, 2.75) is 34.5 Å². The maximum absolute atomic E-state index is 12.1. The van der Waals surface area contributed by atoms with Gasteiger partial charge in [0.15, 0.2) is 0 Å². The van der Waals surface area contributed by atoms with E-state index in [-0.39, 0.29) is 22.8 Å². The Morgan fingerprint density at radius 1 is 1.20 bits per heavy atom. The maximum atomic E-state index is 12.1. The van der Waals surface area contributed by atoms with Crippen molar-refractivity contribution >= 4 is 33.4 Å². The average molecular weight is 380 g/mol. The quantitative estimate of drug-likeness (QED) is 0.434. The van der Waals surface area contributed by atoms with Crippen LogP contribution in [-0.2, 0) is 14.8 Å². The Bertz CT molecular complexity index is 852.